The van der Waals surface area contributed by atoms with Crippen molar-refractivity contribution in [2.24, 2.45) is 0 Å². The largest absolute Gasteiger partial charge is 0.493 e. The van der Waals surface area contributed by atoms with Crippen molar-refractivity contribution in [3.8, 4) is 11.5 Å². The number of benzene rings is 1. The summed E-state index contributed by atoms with van der Waals surface area (Å²) in [5, 5.41) is 0. The van der Waals surface area contributed by atoms with E-state index in [9.17, 15) is 9.59 Å². The maximum atomic E-state index is 12.5. The lowest BCUT2D eigenvalue weighted by Gasteiger charge is -2.21. The van der Waals surface area contributed by atoms with Crippen LogP contribution in [0.1, 0.15) is 39.9 Å². The quantitative estimate of drug-likeness (QED) is 0.620. The van der Waals surface area contributed by atoms with E-state index in [2.05, 4.69) is 0 Å². The molecule has 0 atom stereocenters. The fraction of sp³-hybridized carbons (Fsp3) is 0.400. The van der Waals surface area contributed by atoms with Crippen LogP contribution >= 0.6 is 11.3 Å². The van der Waals surface area contributed by atoms with E-state index in [-0.39, 0.29) is 24.5 Å². The van der Waals surface area contributed by atoms with Gasteiger partial charge in [-0.05, 0) is 43.7 Å². The van der Waals surface area contributed by atoms with Crippen LogP contribution in [0, 0.1) is 6.92 Å². The number of Topliss-reactive ketones (excluding diaryl/α,β-unsaturated/α-hetero) is 1. The van der Waals surface area contributed by atoms with Gasteiger partial charge in [-0.25, -0.2) is 0 Å². The second-order valence-electron chi connectivity index (χ2n) is 5.93. The second kappa shape index (κ2) is 9.38. The average Bonchev–Trinajstić information content (AvgIpc) is 3.10. The SMILES string of the molecule is CCN(Cc1ccc(OC)c(OC)c1)C(=O)CCC(=O)c1ccc(C)s1. The summed E-state index contributed by atoms with van der Waals surface area (Å²) in [6.07, 6.45) is 0.456. The molecule has 0 fully saturated rings. The first-order valence-electron chi connectivity index (χ1n) is 8.56. The summed E-state index contributed by atoms with van der Waals surface area (Å²) in [5.41, 5.74) is 0.957. The highest BCUT2D eigenvalue weighted by atomic mass is 32.1. The number of rotatable bonds is 9. The lowest BCUT2D eigenvalue weighted by Crippen LogP contribution is -2.30. The van der Waals surface area contributed by atoms with E-state index in [1.807, 2.05) is 44.2 Å². The lowest BCUT2D eigenvalue weighted by atomic mass is 10.1. The maximum absolute atomic E-state index is 12.5. The number of methoxy groups -OCH3 is 2. The smallest absolute Gasteiger partial charge is 0.223 e. The Morgan fingerprint density at radius 3 is 2.35 bits per heavy atom. The third kappa shape index (κ3) is 5.08. The van der Waals surface area contributed by atoms with Crippen molar-refractivity contribution in [1.29, 1.82) is 0 Å². The van der Waals surface area contributed by atoms with Crippen molar-refractivity contribution < 1.29 is 19.1 Å². The minimum atomic E-state index is -0.0242. The number of ketones is 1. The molecule has 0 bridgehead atoms. The van der Waals surface area contributed by atoms with Gasteiger partial charge in [0, 0.05) is 30.8 Å². The summed E-state index contributed by atoms with van der Waals surface area (Å²) < 4.78 is 10.5. The Hall–Kier alpha value is -2.34. The molecule has 6 heteroatoms. The zero-order valence-electron chi connectivity index (χ0n) is 15.7. The molecule has 0 spiro atoms. The van der Waals surface area contributed by atoms with E-state index in [1.165, 1.54) is 11.3 Å². The van der Waals surface area contributed by atoms with Crippen LogP contribution in [0.3, 0.4) is 0 Å². The molecule has 26 heavy (non-hydrogen) atoms. The number of ether oxygens (including phenoxy) is 2. The van der Waals surface area contributed by atoms with Gasteiger partial charge in [0.25, 0.3) is 0 Å². The summed E-state index contributed by atoms with van der Waals surface area (Å²) in [5.74, 6) is 1.29. The number of thiophene rings is 1. The molecule has 1 heterocycles. The van der Waals surface area contributed by atoms with Crippen LogP contribution in [0.25, 0.3) is 0 Å². The van der Waals surface area contributed by atoms with Crippen molar-refractivity contribution in [3.63, 3.8) is 0 Å². The third-order valence-corrected chi connectivity index (χ3v) is 5.18. The third-order valence-electron chi connectivity index (χ3n) is 4.14. The van der Waals surface area contributed by atoms with Gasteiger partial charge >= 0.3 is 0 Å². The van der Waals surface area contributed by atoms with Crippen LogP contribution < -0.4 is 9.47 Å². The molecule has 1 amide bonds. The molecule has 1 aromatic carbocycles. The monoisotopic (exact) mass is 375 g/mol. The van der Waals surface area contributed by atoms with E-state index in [1.54, 1.807) is 19.1 Å². The van der Waals surface area contributed by atoms with Gasteiger partial charge in [-0.15, -0.1) is 11.3 Å². The van der Waals surface area contributed by atoms with E-state index >= 15 is 0 Å². The van der Waals surface area contributed by atoms with Gasteiger partial charge < -0.3 is 14.4 Å². The van der Waals surface area contributed by atoms with Gasteiger partial charge in [0.1, 0.15) is 0 Å². The Morgan fingerprint density at radius 1 is 1.04 bits per heavy atom. The summed E-state index contributed by atoms with van der Waals surface area (Å²) in [7, 11) is 3.17. The Kier molecular flexibility index (Phi) is 7.21. The van der Waals surface area contributed by atoms with Crippen LogP contribution in [0.2, 0.25) is 0 Å². The second-order valence-corrected chi connectivity index (χ2v) is 7.22. The van der Waals surface area contributed by atoms with Crippen LogP contribution in [-0.2, 0) is 11.3 Å². The highest BCUT2D eigenvalue weighted by molar-refractivity contribution is 7.14. The summed E-state index contributed by atoms with van der Waals surface area (Å²) in [6, 6.07) is 9.36. The van der Waals surface area contributed by atoms with Gasteiger partial charge in [0.15, 0.2) is 17.3 Å². The molecule has 0 radical (unpaired) electrons. The molecule has 2 rings (SSSR count). The molecule has 0 aliphatic carbocycles. The summed E-state index contributed by atoms with van der Waals surface area (Å²) in [6.45, 7) is 4.96. The molecular weight excluding hydrogens is 350 g/mol. The predicted molar refractivity (Wildman–Crippen MR) is 103 cm³/mol. The number of aryl methyl sites for hydroxylation is 1. The molecular formula is C20H25NO4S. The Balaban J connectivity index is 1.97. The minimum Gasteiger partial charge on any atom is -0.493 e. The first-order chi connectivity index (χ1) is 12.5. The van der Waals surface area contributed by atoms with Crippen molar-refractivity contribution in [2.75, 3.05) is 20.8 Å². The van der Waals surface area contributed by atoms with E-state index in [4.69, 9.17) is 9.47 Å². The molecule has 0 saturated heterocycles. The first kappa shape index (κ1) is 20.0. The number of nitrogens with zero attached hydrogens (tertiary/aromatic N) is 1. The van der Waals surface area contributed by atoms with Crippen LogP contribution in [-0.4, -0.2) is 37.4 Å². The number of hydrogen-bond donors (Lipinski definition) is 0. The first-order valence-corrected chi connectivity index (χ1v) is 9.38. The van der Waals surface area contributed by atoms with Crippen molar-refractivity contribution >= 4 is 23.0 Å². The van der Waals surface area contributed by atoms with Crippen molar-refractivity contribution in [1.82, 2.24) is 4.90 Å². The topological polar surface area (TPSA) is 55.8 Å². The molecule has 0 unspecified atom stereocenters. The fourth-order valence-corrected chi connectivity index (χ4v) is 3.50. The molecule has 0 aliphatic rings. The lowest BCUT2D eigenvalue weighted by molar-refractivity contribution is -0.131. The van der Waals surface area contributed by atoms with Gasteiger partial charge in [-0.1, -0.05) is 6.07 Å². The molecule has 1 aromatic heterocycles. The highest BCUT2D eigenvalue weighted by Crippen LogP contribution is 2.28. The van der Waals surface area contributed by atoms with Gasteiger partial charge in [-0.3, -0.25) is 9.59 Å². The molecule has 2 aromatic rings. The molecule has 0 aliphatic heterocycles. The van der Waals surface area contributed by atoms with Crippen molar-refractivity contribution in [3.05, 3.63) is 45.6 Å². The van der Waals surface area contributed by atoms with E-state index < -0.39 is 0 Å². The molecule has 0 saturated carbocycles. The average molecular weight is 375 g/mol. The minimum absolute atomic E-state index is 0.0242. The van der Waals surface area contributed by atoms with Gasteiger partial charge in [-0.2, -0.15) is 0 Å². The molecule has 0 N–H and O–H groups in total. The summed E-state index contributed by atoms with van der Waals surface area (Å²) in [4.78, 5) is 28.3. The number of carbonyl (C=O) groups excluding carboxylic acids is 2. The molecule has 5 nitrogen and oxygen atoms in total. The molecule has 140 valence electrons. The highest BCUT2D eigenvalue weighted by Gasteiger charge is 2.16. The van der Waals surface area contributed by atoms with E-state index in [0.717, 1.165) is 15.3 Å². The van der Waals surface area contributed by atoms with Crippen molar-refractivity contribution in [2.45, 2.75) is 33.2 Å². The zero-order chi connectivity index (χ0) is 19.1. The maximum Gasteiger partial charge on any atom is 0.223 e. The number of hydrogen-bond acceptors (Lipinski definition) is 5. The standard InChI is InChI=1S/C20H25NO4S/c1-5-21(13-15-7-9-17(24-3)18(12-15)25-4)20(23)11-8-16(22)19-10-6-14(2)26-19/h6-7,9-10,12H,5,8,11,13H2,1-4H3. The Labute approximate surface area is 158 Å². The fourth-order valence-electron chi connectivity index (χ4n) is 2.66. The van der Waals surface area contributed by atoms with E-state index in [0.29, 0.717) is 24.6 Å². The normalized spacial score (nSPS) is 10.5. The van der Waals surface area contributed by atoms with Crippen LogP contribution in [0.15, 0.2) is 30.3 Å². The van der Waals surface area contributed by atoms with Crippen LogP contribution in [0.4, 0.5) is 0 Å². The summed E-state index contributed by atoms with van der Waals surface area (Å²) >= 11 is 1.47. The number of carbonyl (C=O) groups is 2. The zero-order valence-corrected chi connectivity index (χ0v) is 16.5. The predicted octanol–water partition coefficient (Wildman–Crippen LogP) is 4.09. The Bertz CT molecular complexity index is 769. The van der Waals surface area contributed by atoms with Gasteiger partial charge in [0.2, 0.25) is 5.91 Å². The Morgan fingerprint density at radius 2 is 1.77 bits per heavy atom. The number of amides is 1. The van der Waals surface area contributed by atoms with Crippen LogP contribution in [0.5, 0.6) is 11.5 Å². The van der Waals surface area contributed by atoms with Gasteiger partial charge in [0.05, 0.1) is 19.1 Å².